The van der Waals surface area contributed by atoms with Crippen molar-refractivity contribution >= 4 is 0 Å². The zero-order valence-corrected chi connectivity index (χ0v) is 12.2. The van der Waals surface area contributed by atoms with Crippen molar-refractivity contribution in [2.45, 2.75) is 65.2 Å². The monoisotopic (exact) mass is 268 g/mol. The number of rotatable bonds is 7. The molecule has 0 radical (unpaired) electrons. The third kappa shape index (κ3) is 8.75. The zero-order chi connectivity index (χ0) is 14.4. The van der Waals surface area contributed by atoms with Crippen molar-refractivity contribution in [1.82, 2.24) is 10.2 Å². The molecule has 0 fully saturated rings. The van der Waals surface area contributed by atoms with Crippen LogP contribution in [0.1, 0.15) is 47.5 Å². The molecule has 0 bridgehead atoms. The van der Waals surface area contributed by atoms with Gasteiger partial charge in [0.1, 0.15) is 0 Å². The van der Waals surface area contributed by atoms with Crippen LogP contribution >= 0.6 is 0 Å². The first-order valence-electron chi connectivity index (χ1n) is 6.65. The van der Waals surface area contributed by atoms with E-state index in [0.29, 0.717) is 13.1 Å². The fourth-order valence-corrected chi connectivity index (χ4v) is 1.90. The molecule has 0 amide bonds. The molecule has 0 aliphatic carbocycles. The number of hydrogen-bond donors (Lipinski definition) is 1. The smallest absolute Gasteiger partial charge is 0.311 e. The summed E-state index contributed by atoms with van der Waals surface area (Å²) in [4.78, 5) is 1.52. The molecule has 0 aromatic heterocycles. The molecule has 18 heavy (non-hydrogen) atoms. The standard InChI is InChI=1S/C13H27F3N2/c1-6-8-11(9-17-12(3,4)5)18(7-2)10-13(14,15)16/h11,17H,6-10H2,1-5H3. The van der Waals surface area contributed by atoms with Crippen molar-refractivity contribution < 1.29 is 13.2 Å². The molecule has 0 spiro atoms. The van der Waals surface area contributed by atoms with Crippen LogP contribution in [0.25, 0.3) is 0 Å². The zero-order valence-electron chi connectivity index (χ0n) is 12.2. The Balaban J connectivity index is 4.52. The number of halogens is 3. The topological polar surface area (TPSA) is 15.3 Å². The number of alkyl halides is 3. The Labute approximate surface area is 109 Å². The number of hydrogen-bond acceptors (Lipinski definition) is 2. The summed E-state index contributed by atoms with van der Waals surface area (Å²) in [5, 5.41) is 3.30. The first-order valence-corrected chi connectivity index (χ1v) is 6.65. The fraction of sp³-hybridized carbons (Fsp3) is 1.00. The predicted molar refractivity (Wildman–Crippen MR) is 69.8 cm³/mol. The molecule has 110 valence electrons. The molecule has 2 nitrogen and oxygen atoms in total. The average Bonchev–Trinajstić information content (AvgIpc) is 2.18. The van der Waals surface area contributed by atoms with E-state index >= 15 is 0 Å². The van der Waals surface area contributed by atoms with Gasteiger partial charge in [-0.05, 0) is 33.7 Å². The Morgan fingerprint density at radius 3 is 2.00 bits per heavy atom. The molecule has 5 heteroatoms. The minimum Gasteiger partial charge on any atom is -0.311 e. The Kier molecular flexibility index (Phi) is 7.22. The first-order chi connectivity index (χ1) is 8.09. The molecular formula is C13H27F3N2. The molecule has 0 aromatic carbocycles. The van der Waals surface area contributed by atoms with Crippen LogP contribution in [-0.2, 0) is 0 Å². The summed E-state index contributed by atoms with van der Waals surface area (Å²) >= 11 is 0. The average molecular weight is 268 g/mol. The summed E-state index contributed by atoms with van der Waals surface area (Å²) in [5.74, 6) is 0. The molecule has 0 saturated carbocycles. The molecule has 0 saturated heterocycles. The van der Waals surface area contributed by atoms with E-state index in [4.69, 9.17) is 0 Å². The minimum absolute atomic E-state index is 0.0548. The van der Waals surface area contributed by atoms with Crippen LogP contribution in [0.2, 0.25) is 0 Å². The lowest BCUT2D eigenvalue weighted by Crippen LogP contribution is -2.50. The molecule has 1 atom stereocenters. The molecule has 0 aliphatic heterocycles. The quantitative estimate of drug-likeness (QED) is 0.761. The van der Waals surface area contributed by atoms with Crippen molar-refractivity contribution in [3.63, 3.8) is 0 Å². The van der Waals surface area contributed by atoms with Crippen molar-refractivity contribution in [3.8, 4) is 0 Å². The van der Waals surface area contributed by atoms with Crippen LogP contribution in [0.5, 0.6) is 0 Å². The normalized spacial score (nSPS) is 15.2. The third-order valence-corrected chi connectivity index (χ3v) is 2.79. The van der Waals surface area contributed by atoms with Gasteiger partial charge < -0.3 is 5.32 Å². The number of nitrogens with zero attached hydrogens (tertiary/aromatic N) is 1. The SMILES string of the molecule is CCCC(CNC(C)(C)C)N(CC)CC(F)(F)F. The van der Waals surface area contributed by atoms with Crippen molar-refractivity contribution in [1.29, 1.82) is 0 Å². The Morgan fingerprint density at radius 2 is 1.67 bits per heavy atom. The van der Waals surface area contributed by atoms with E-state index in [-0.39, 0.29) is 11.6 Å². The van der Waals surface area contributed by atoms with Gasteiger partial charge in [-0.2, -0.15) is 13.2 Å². The van der Waals surface area contributed by atoms with E-state index in [0.717, 1.165) is 12.8 Å². The fourth-order valence-electron chi connectivity index (χ4n) is 1.90. The van der Waals surface area contributed by atoms with Gasteiger partial charge in [-0.3, -0.25) is 4.90 Å². The van der Waals surface area contributed by atoms with Crippen LogP contribution in [0, 0.1) is 0 Å². The Hall–Kier alpha value is -0.290. The summed E-state index contributed by atoms with van der Waals surface area (Å²) < 4.78 is 37.5. The lowest BCUT2D eigenvalue weighted by molar-refractivity contribution is -0.150. The van der Waals surface area contributed by atoms with Crippen molar-refractivity contribution in [3.05, 3.63) is 0 Å². The molecule has 1 N–H and O–H groups in total. The highest BCUT2D eigenvalue weighted by Crippen LogP contribution is 2.19. The van der Waals surface area contributed by atoms with Gasteiger partial charge in [-0.1, -0.05) is 20.3 Å². The van der Waals surface area contributed by atoms with Gasteiger partial charge >= 0.3 is 6.18 Å². The number of likely N-dealkylation sites (N-methyl/N-ethyl adjacent to an activating group) is 1. The van der Waals surface area contributed by atoms with Crippen molar-refractivity contribution in [2.24, 2.45) is 0 Å². The highest BCUT2D eigenvalue weighted by Gasteiger charge is 2.33. The van der Waals surface area contributed by atoms with Gasteiger partial charge in [0.15, 0.2) is 0 Å². The second kappa shape index (κ2) is 7.34. The van der Waals surface area contributed by atoms with Crippen LogP contribution in [-0.4, -0.2) is 42.3 Å². The minimum atomic E-state index is -4.12. The van der Waals surface area contributed by atoms with E-state index in [2.05, 4.69) is 5.32 Å². The summed E-state index contributed by atoms with van der Waals surface area (Å²) in [6, 6.07) is -0.0548. The second-order valence-corrected chi connectivity index (χ2v) is 5.75. The largest absolute Gasteiger partial charge is 0.401 e. The molecule has 0 rings (SSSR count). The maximum atomic E-state index is 12.5. The Morgan fingerprint density at radius 1 is 1.11 bits per heavy atom. The van der Waals surface area contributed by atoms with Crippen LogP contribution < -0.4 is 5.32 Å². The van der Waals surface area contributed by atoms with E-state index in [9.17, 15) is 13.2 Å². The van der Waals surface area contributed by atoms with E-state index in [1.165, 1.54) is 4.90 Å². The van der Waals surface area contributed by atoms with Crippen LogP contribution in [0.4, 0.5) is 13.2 Å². The van der Waals surface area contributed by atoms with E-state index < -0.39 is 12.7 Å². The molecule has 0 aromatic rings. The highest BCUT2D eigenvalue weighted by atomic mass is 19.4. The summed E-state index contributed by atoms with van der Waals surface area (Å²) in [6.45, 7) is 10.1. The summed E-state index contributed by atoms with van der Waals surface area (Å²) in [7, 11) is 0. The van der Waals surface area contributed by atoms with Crippen molar-refractivity contribution in [2.75, 3.05) is 19.6 Å². The van der Waals surface area contributed by atoms with Gasteiger partial charge in [-0.25, -0.2) is 0 Å². The predicted octanol–water partition coefficient (Wildman–Crippen LogP) is 3.43. The van der Waals surface area contributed by atoms with Crippen LogP contribution in [0.3, 0.4) is 0 Å². The van der Waals surface area contributed by atoms with E-state index in [1.807, 2.05) is 27.7 Å². The first kappa shape index (κ1) is 17.7. The highest BCUT2D eigenvalue weighted by molar-refractivity contribution is 4.79. The van der Waals surface area contributed by atoms with Crippen LogP contribution in [0.15, 0.2) is 0 Å². The second-order valence-electron chi connectivity index (χ2n) is 5.75. The third-order valence-electron chi connectivity index (χ3n) is 2.79. The van der Waals surface area contributed by atoms with E-state index in [1.54, 1.807) is 6.92 Å². The van der Waals surface area contributed by atoms with Gasteiger partial charge in [0.2, 0.25) is 0 Å². The maximum Gasteiger partial charge on any atom is 0.401 e. The molecule has 0 heterocycles. The lowest BCUT2D eigenvalue weighted by Gasteiger charge is -2.34. The van der Waals surface area contributed by atoms with Gasteiger partial charge in [0, 0.05) is 18.1 Å². The summed E-state index contributed by atoms with van der Waals surface area (Å²) in [6.07, 6.45) is -2.44. The molecular weight excluding hydrogens is 241 g/mol. The molecule has 1 unspecified atom stereocenters. The van der Waals surface area contributed by atoms with Gasteiger partial charge in [0.05, 0.1) is 6.54 Å². The van der Waals surface area contributed by atoms with Gasteiger partial charge in [0.25, 0.3) is 0 Å². The lowest BCUT2D eigenvalue weighted by atomic mass is 10.1. The maximum absolute atomic E-state index is 12.5. The number of nitrogens with one attached hydrogen (secondary N) is 1. The van der Waals surface area contributed by atoms with Gasteiger partial charge in [-0.15, -0.1) is 0 Å². The summed E-state index contributed by atoms with van der Waals surface area (Å²) in [5.41, 5.74) is -0.0658. The molecule has 0 aliphatic rings. The Bertz CT molecular complexity index is 221.